The molecule has 8 nitrogen and oxygen atoms in total. The predicted molar refractivity (Wildman–Crippen MR) is 99.2 cm³/mol. The monoisotopic (exact) mass is 405 g/mol. The van der Waals surface area contributed by atoms with Gasteiger partial charge in [0.2, 0.25) is 11.9 Å². The zero-order chi connectivity index (χ0) is 17.1. The van der Waals surface area contributed by atoms with E-state index in [1.807, 2.05) is 12.3 Å². The van der Waals surface area contributed by atoms with Crippen LogP contribution >= 0.6 is 15.9 Å². The smallest absolute Gasteiger partial charge is 0.227 e. The molecule has 2 saturated heterocycles. The van der Waals surface area contributed by atoms with Crippen molar-refractivity contribution in [2.24, 2.45) is 0 Å². The summed E-state index contributed by atoms with van der Waals surface area (Å²) in [5.41, 5.74) is 0. The van der Waals surface area contributed by atoms with Gasteiger partial charge in [-0.3, -0.25) is 0 Å². The van der Waals surface area contributed by atoms with E-state index in [9.17, 15) is 0 Å². The van der Waals surface area contributed by atoms with Crippen LogP contribution in [0.5, 0.6) is 0 Å². The Morgan fingerprint density at radius 3 is 2.12 bits per heavy atom. The maximum Gasteiger partial charge on any atom is 0.227 e. The fraction of sp³-hybridized carbons (Fsp3) is 0.500. The van der Waals surface area contributed by atoms with E-state index in [0.717, 1.165) is 74.7 Å². The topological polar surface area (TPSA) is 70.5 Å². The van der Waals surface area contributed by atoms with Gasteiger partial charge >= 0.3 is 0 Å². The molecule has 9 heteroatoms. The van der Waals surface area contributed by atoms with Gasteiger partial charge in [-0.2, -0.15) is 4.98 Å². The maximum atomic E-state index is 5.41. The van der Waals surface area contributed by atoms with Crippen molar-refractivity contribution in [3.63, 3.8) is 0 Å². The van der Waals surface area contributed by atoms with E-state index >= 15 is 0 Å². The number of hydrogen-bond donors (Lipinski definition) is 0. The molecule has 0 aliphatic carbocycles. The molecule has 0 saturated carbocycles. The normalized spacial score (nSPS) is 18.5. The molecule has 2 aliphatic rings. The van der Waals surface area contributed by atoms with Gasteiger partial charge in [0.1, 0.15) is 5.82 Å². The molecule has 2 aromatic heterocycles. The van der Waals surface area contributed by atoms with Crippen LogP contribution in [0.2, 0.25) is 0 Å². The average molecular weight is 406 g/mol. The molecule has 2 aliphatic heterocycles. The standard InChI is InChI=1S/C16H20BrN7O/c17-13-11-19-15(20-12-13)23-3-5-24(6-4-23)16-18-2-1-14(21-16)22-7-9-25-10-8-22/h1-2,11-12H,3-10H2. The molecular formula is C16H20BrN7O. The number of halogens is 1. The fourth-order valence-electron chi connectivity index (χ4n) is 3.04. The Balaban J connectivity index is 1.41. The number of ether oxygens (including phenoxy) is 1. The SMILES string of the molecule is Brc1cnc(N2CCN(c3nccc(N4CCOCC4)n3)CC2)nc1. The molecule has 0 aromatic carbocycles. The third-order valence-electron chi connectivity index (χ3n) is 4.42. The quantitative estimate of drug-likeness (QED) is 0.753. The van der Waals surface area contributed by atoms with Crippen molar-refractivity contribution in [3.05, 3.63) is 29.1 Å². The van der Waals surface area contributed by atoms with Gasteiger partial charge in [0.25, 0.3) is 0 Å². The second-order valence-electron chi connectivity index (χ2n) is 5.99. The van der Waals surface area contributed by atoms with Gasteiger partial charge < -0.3 is 19.4 Å². The average Bonchev–Trinajstić information content (AvgIpc) is 2.70. The highest BCUT2D eigenvalue weighted by molar-refractivity contribution is 9.10. The lowest BCUT2D eigenvalue weighted by Crippen LogP contribution is -2.47. The number of nitrogens with zero attached hydrogens (tertiary/aromatic N) is 7. The molecule has 25 heavy (non-hydrogen) atoms. The Morgan fingerprint density at radius 1 is 0.800 bits per heavy atom. The molecule has 0 amide bonds. The zero-order valence-corrected chi connectivity index (χ0v) is 15.5. The summed E-state index contributed by atoms with van der Waals surface area (Å²) in [6.45, 7) is 6.68. The van der Waals surface area contributed by atoms with Crippen LogP contribution in [0.25, 0.3) is 0 Å². The minimum absolute atomic E-state index is 0.755. The highest BCUT2D eigenvalue weighted by atomic mass is 79.9. The number of morpholine rings is 1. The van der Waals surface area contributed by atoms with Crippen LogP contribution in [0.3, 0.4) is 0 Å². The fourth-order valence-corrected chi connectivity index (χ4v) is 3.24. The van der Waals surface area contributed by atoms with Crippen LogP contribution in [-0.2, 0) is 4.74 Å². The van der Waals surface area contributed by atoms with Crippen LogP contribution in [0, 0.1) is 0 Å². The first-order valence-electron chi connectivity index (χ1n) is 8.43. The molecule has 0 unspecified atom stereocenters. The molecule has 0 spiro atoms. The second kappa shape index (κ2) is 7.49. The van der Waals surface area contributed by atoms with Gasteiger partial charge in [0, 0.05) is 57.9 Å². The van der Waals surface area contributed by atoms with Crippen LogP contribution in [0.1, 0.15) is 0 Å². The van der Waals surface area contributed by atoms with Gasteiger partial charge in [-0.15, -0.1) is 0 Å². The highest BCUT2D eigenvalue weighted by Crippen LogP contribution is 2.19. The van der Waals surface area contributed by atoms with Gasteiger partial charge in [0.05, 0.1) is 17.7 Å². The Bertz CT molecular complexity index is 700. The van der Waals surface area contributed by atoms with Gasteiger partial charge in [-0.1, -0.05) is 0 Å². The summed E-state index contributed by atoms with van der Waals surface area (Å²) in [6, 6.07) is 1.97. The van der Waals surface area contributed by atoms with E-state index < -0.39 is 0 Å². The summed E-state index contributed by atoms with van der Waals surface area (Å²) in [7, 11) is 0. The lowest BCUT2D eigenvalue weighted by Gasteiger charge is -2.35. The van der Waals surface area contributed by atoms with Gasteiger partial charge in [-0.25, -0.2) is 15.0 Å². The van der Waals surface area contributed by atoms with E-state index in [1.54, 1.807) is 12.4 Å². The third kappa shape index (κ3) is 3.82. The van der Waals surface area contributed by atoms with Crippen LogP contribution in [0.15, 0.2) is 29.1 Å². The molecular weight excluding hydrogens is 386 g/mol. The molecule has 0 atom stereocenters. The van der Waals surface area contributed by atoms with E-state index in [2.05, 4.69) is 45.6 Å². The summed E-state index contributed by atoms with van der Waals surface area (Å²) in [5.74, 6) is 2.54. The van der Waals surface area contributed by atoms with Gasteiger partial charge in [-0.05, 0) is 22.0 Å². The van der Waals surface area contributed by atoms with Crippen molar-refractivity contribution >= 4 is 33.6 Å². The van der Waals surface area contributed by atoms with E-state index in [0.29, 0.717) is 0 Å². The van der Waals surface area contributed by atoms with Crippen molar-refractivity contribution < 1.29 is 4.74 Å². The Hall–Kier alpha value is -2.00. The first-order valence-corrected chi connectivity index (χ1v) is 9.22. The van der Waals surface area contributed by atoms with Crippen LogP contribution in [0.4, 0.5) is 17.7 Å². The Morgan fingerprint density at radius 2 is 1.44 bits per heavy atom. The predicted octanol–water partition coefficient (Wildman–Crippen LogP) is 1.19. The lowest BCUT2D eigenvalue weighted by molar-refractivity contribution is 0.122. The number of rotatable bonds is 3. The molecule has 4 rings (SSSR count). The number of anilines is 3. The molecule has 0 bridgehead atoms. The summed E-state index contributed by atoms with van der Waals surface area (Å²) in [4.78, 5) is 24.6. The molecule has 0 N–H and O–H groups in total. The minimum Gasteiger partial charge on any atom is -0.378 e. The molecule has 2 aromatic rings. The first kappa shape index (κ1) is 16.5. The van der Waals surface area contributed by atoms with Crippen molar-refractivity contribution in [1.29, 1.82) is 0 Å². The highest BCUT2D eigenvalue weighted by Gasteiger charge is 2.22. The Labute approximate surface area is 155 Å². The molecule has 132 valence electrons. The van der Waals surface area contributed by atoms with Crippen LogP contribution < -0.4 is 14.7 Å². The maximum absolute atomic E-state index is 5.41. The van der Waals surface area contributed by atoms with Crippen LogP contribution in [-0.4, -0.2) is 72.4 Å². The molecule has 0 radical (unpaired) electrons. The van der Waals surface area contributed by atoms with E-state index in [4.69, 9.17) is 9.72 Å². The lowest BCUT2D eigenvalue weighted by atomic mass is 10.3. The summed E-state index contributed by atoms with van der Waals surface area (Å²) in [5, 5.41) is 0. The van der Waals surface area contributed by atoms with Gasteiger partial charge in [0.15, 0.2) is 0 Å². The summed E-state index contributed by atoms with van der Waals surface area (Å²) >= 11 is 3.37. The van der Waals surface area contributed by atoms with Crippen molar-refractivity contribution in [2.45, 2.75) is 0 Å². The van der Waals surface area contributed by atoms with Crippen molar-refractivity contribution in [1.82, 2.24) is 19.9 Å². The Kier molecular flexibility index (Phi) is 4.93. The van der Waals surface area contributed by atoms with E-state index in [-0.39, 0.29) is 0 Å². The van der Waals surface area contributed by atoms with E-state index in [1.165, 1.54) is 0 Å². The number of piperazine rings is 1. The van der Waals surface area contributed by atoms with Crippen molar-refractivity contribution in [3.8, 4) is 0 Å². The number of aromatic nitrogens is 4. The molecule has 4 heterocycles. The largest absolute Gasteiger partial charge is 0.378 e. The first-order chi connectivity index (χ1) is 12.3. The number of hydrogen-bond acceptors (Lipinski definition) is 8. The minimum atomic E-state index is 0.755. The second-order valence-corrected chi connectivity index (χ2v) is 6.91. The third-order valence-corrected chi connectivity index (χ3v) is 4.82. The molecule has 2 fully saturated rings. The van der Waals surface area contributed by atoms with Crippen molar-refractivity contribution in [2.75, 3.05) is 67.2 Å². The zero-order valence-electron chi connectivity index (χ0n) is 13.9. The summed E-state index contributed by atoms with van der Waals surface area (Å²) < 4.78 is 6.31. The summed E-state index contributed by atoms with van der Waals surface area (Å²) in [6.07, 6.45) is 5.41.